The normalized spacial score (nSPS) is 15.1. The van der Waals surface area contributed by atoms with Gasteiger partial charge in [0.25, 0.3) is 0 Å². The number of furan rings is 1. The lowest BCUT2D eigenvalue weighted by molar-refractivity contribution is 0.157. The highest BCUT2D eigenvalue weighted by Gasteiger charge is 2.28. The van der Waals surface area contributed by atoms with E-state index in [1.807, 2.05) is 58.3 Å². The quantitative estimate of drug-likeness (QED) is 0.808. The molecule has 5 heteroatoms. The van der Waals surface area contributed by atoms with Crippen molar-refractivity contribution in [2.24, 2.45) is 0 Å². The zero-order valence-corrected chi connectivity index (χ0v) is 15.4. The molecule has 1 aliphatic rings. The standard InChI is InChI=1S/C19H23NO3.ClH/c1-19(2)13-16(17-6-5-10-22-17)15-8-7-14(12-18(15)23-19)21-11-9-20(3)4;/h5-8,10,12-13H,9,11H2,1-4H3;1H. The third kappa shape index (κ3) is 4.13. The van der Waals surface area contributed by atoms with Gasteiger partial charge in [-0.2, -0.15) is 0 Å². The minimum absolute atomic E-state index is 0. The number of hydrogen-bond donors (Lipinski definition) is 0. The number of ether oxygens (including phenoxy) is 2. The van der Waals surface area contributed by atoms with Crippen LogP contribution in [0.2, 0.25) is 0 Å². The Balaban J connectivity index is 0.00000208. The van der Waals surface area contributed by atoms with E-state index in [2.05, 4.69) is 11.0 Å². The average molecular weight is 350 g/mol. The summed E-state index contributed by atoms with van der Waals surface area (Å²) in [5, 5.41) is 0. The lowest BCUT2D eigenvalue weighted by Gasteiger charge is -2.30. The fourth-order valence-corrected chi connectivity index (χ4v) is 2.62. The minimum atomic E-state index is -0.391. The lowest BCUT2D eigenvalue weighted by atomic mass is 9.93. The molecule has 3 rings (SSSR count). The molecule has 0 saturated heterocycles. The van der Waals surface area contributed by atoms with Gasteiger partial charge in [-0.3, -0.25) is 0 Å². The molecule has 0 spiro atoms. The Morgan fingerprint density at radius 3 is 2.62 bits per heavy atom. The maximum atomic E-state index is 6.11. The predicted molar refractivity (Wildman–Crippen MR) is 98.2 cm³/mol. The molecular weight excluding hydrogens is 326 g/mol. The zero-order chi connectivity index (χ0) is 16.4. The van der Waals surface area contributed by atoms with Gasteiger partial charge in [0.1, 0.15) is 29.5 Å². The van der Waals surface area contributed by atoms with Crippen molar-refractivity contribution in [3.63, 3.8) is 0 Å². The molecular formula is C19H24ClNO3. The van der Waals surface area contributed by atoms with Crippen LogP contribution in [0.1, 0.15) is 25.2 Å². The van der Waals surface area contributed by atoms with E-state index in [0.29, 0.717) is 6.61 Å². The summed E-state index contributed by atoms with van der Waals surface area (Å²) in [7, 11) is 4.06. The Morgan fingerprint density at radius 2 is 1.96 bits per heavy atom. The second-order valence-corrected chi connectivity index (χ2v) is 6.55. The molecule has 0 unspecified atom stereocenters. The minimum Gasteiger partial charge on any atom is -0.492 e. The van der Waals surface area contributed by atoms with E-state index in [4.69, 9.17) is 13.9 Å². The number of halogens is 1. The van der Waals surface area contributed by atoms with Crippen LogP contribution in [0.25, 0.3) is 5.57 Å². The summed E-state index contributed by atoms with van der Waals surface area (Å²) in [5.41, 5.74) is 1.69. The summed E-state index contributed by atoms with van der Waals surface area (Å²) in [5.74, 6) is 2.50. The van der Waals surface area contributed by atoms with Crippen LogP contribution in [0, 0.1) is 0 Å². The van der Waals surface area contributed by atoms with E-state index in [9.17, 15) is 0 Å². The summed E-state index contributed by atoms with van der Waals surface area (Å²) in [6.45, 7) is 5.61. The molecule has 0 N–H and O–H groups in total. The van der Waals surface area contributed by atoms with Crippen molar-refractivity contribution in [2.75, 3.05) is 27.2 Å². The Hall–Kier alpha value is -1.91. The largest absolute Gasteiger partial charge is 0.492 e. The first-order valence-electron chi connectivity index (χ1n) is 7.82. The number of nitrogens with zero attached hydrogens (tertiary/aromatic N) is 1. The van der Waals surface area contributed by atoms with Crippen LogP contribution in [0.5, 0.6) is 11.5 Å². The Labute approximate surface area is 149 Å². The summed E-state index contributed by atoms with van der Waals surface area (Å²) < 4.78 is 17.5. The van der Waals surface area contributed by atoms with Crippen molar-refractivity contribution in [1.82, 2.24) is 4.90 Å². The van der Waals surface area contributed by atoms with Gasteiger partial charge in [-0.25, -0.2) is 0 Å². The van der Waals surface area contributed by atoms with Crippen molar-refractivity contribution < 1.29 is 13.9 Å². The highest BCUT2D eigenvalue weighted by molar-refractivity contribution is 5.85. The van der Waals surface area contributed by atoms with Gasteiger partial charge in [0.15, 0.2) is 0 Å². The molecule has 2 aromatic rings. The summed E-state index contributed by atoms with van der Waals surface area (Å²) in [6, 6.07) is 9.84. The molecule has 0 fully saturated rings. The van der Waals surface area contributed by atoms with E-state index in [0.717, 1.165) is 34.9 Å². The molecule has 0 bridgehead atoms. The van der Waals surface area contributed by atoms with Crippen LogP contribution in [-0.2, 0) is 0 Å². The maximum absolute atomic E-state index is 6.11. The van der Waals surface area contributed by atoms with Crippen molar-refractivity contribution in [3.8, 4) is 11.5 Å². The first-order chi connectivity index (χ1) is 10.9. The maximum Gasteiger partial charge on any atom is 0.134 e. The highest BCUT2D eigenvalue weighted by Crippen LogP contribution is 2.41. The van der Waals surface area contributed by atoms with Crippen molar-refractivity contribution in [2.45, 2.75) is 19.4 Å². The third-order valence-electron chi connectivity index (χ3n) is 3.70. The Morgan fingerprint density at radius 1 is 1.17 bits per heavy atom. The molecule has 1 aromatic carbocycles. The van der Waals surface area contributed by atoms with E-state index < -0.39 is 5.60 Å². The monoisotopic (exact) mass is 349 g/mol. The number of fused-ring (bicyclic) bond motifs is 1. The van der Waals surface area contributed by atoms with Gasteiger partial charge in [0.2, 0.25) is 0 Å². The van der Waals surface area contributed by atoms with E-state index in [1.54, 1.807) is 6.26 Å². The molecule has 0 atom stereocenters. The Kier molecular flexibility index (Phi) is 5.62. The molecule has 1 aromatic heterocycles. The molecule has 2 heterocycles. The predicted octanol–water partition coefficient (Wildman–Crippen LogP) is 4.24. The van der Waals surface area contributed by atoms with E-state index >= 15 is 0 Å². The smallest absolute Gasteiger partial charge is 0.134 e. The summed E-state index contributed by atoms with van der Waals surface area (Å²) >= 11 is 0. The van der Waals surface area contributed by atoms with Gasteiger partial charge in [0.05, 0.1) is 6.26 Å². The van der Waals surface area contributed by atoms with E-state index in [-0.39, 0.29) is 12.4 Å². The van der Waals surface area contributed by atoms with Gasteiger partial charge in [-0.05, 0) is 58.3 Å². The van der Waals surface area contributed by atoms with Gasteiger partial charge in [0, 0.05) is 23.7 Å². The molecule has 1 aliphatic heterocycles. The first kappa shape index (κ1) is 18.4. The molecule has 130 valence electrons. The van der Waals surface area contributed by atoms with Crippen LogP contribution in [-0.4, -0.2) is 37.7 Å². The van der Waals surface area contributed by atoms with Crippen LogP contribution >= 0.6 is 12.4 Å². The molecule has 0 radical (unpaired) electrons. The number of benzene rings is 1. The number of rotatable bonds is 5. The van der Waals surface area contributed by atoms with Crippen molar-refractivity contribution in [1.29, 1.82) is 0 Å². The van der Waals surface area contributed by atoms with Crippen LogP contribution in [0.4, 0.5) is 0 Å². The second-order valence-electron chi connectivity index (χ2n) is 6.55. The fourth-order valence-electron chi connectivity index (χ4n) is 2.62. The van der Waals surface area contributed by atoms with Crippen LogP contribution < -0.4 is 9.47 Å². The lowest BCUT2D eigenvalue weighted by Crippen LogP contribution is -2.29. The number of likely N-dealkylation sites (N-methyl/N-ethyl adjacent to an activating group) is 1. The topological polar surface area (TPSA) is 34.8 Å². The van der Waals surface area contributed by atoms with Crippen molar-refractivity contribution in [3.05, 3.63) is 54.0 Å². The van der Waals surface area contributed by atoms with Gasteiger partial charge in [-0.15, -0.1) is 12.4 Å². The molecule has 4 nitrogen and oxygen atoms in total. The van der Waals surface area contributed by atoms with Gasteiger partial charge < -0.3 is 18.8 Å². The van der Waals surface area contributed by atoms with Crippen molar-refractivity contribution >= 4 is 18.0 Å². The highest BCUT2D eigenvalue weighted by atomic mass is 35.5. The average Bonchev–Trinajstić information content (AvgIpc) is 2.98. The molecule has 0 amide bonds. The van der Waals surface area contributed by atoms with Crippen LogP contribution in [0.15, 0.2) is 47.1 Å². The summed E-state index contributed by atoms with van der Waals surface area (Å²) in [6.07, 6.45) is 3.79. The van der Waals surface area contributed by atoms with Gasteiger partial charge >= 0.3 is 0 Å². The summed E-state index contributed by atoms with van der Waals surface area (Å²) in [4.78, 5) is 2.09. The zero-order valence-electron chi connectivity index (χ0n) is 14.5. The van der Waals surface area contributed by atoms with E-state index in [1.165, 1.54) is 0 Å². The molecule has 0 aliphatic carbocycles. The first-order valence-corrected chi connectivity index (χ1v) is 7.82. The Bertz CT molecular complexity index is 705. The number of hydrogen-bond acceptors (Lipinski definition) is 4. The SMILES string of the molecule is CN(C)CCOc1ccc2c(c1)OC(C)(C)C=C2c1ccco1.Cl. The third-order valence-corrected chi connectivity index (χ3v) is 3.70. The molecule has 0 saturated carbocycles. The fraction of sp³-hybridized carbons (Fsp3) is 0.368. The second kappa shape index (κ2) is 7.32. The van der Waals surface area contributed by atoms with Crippen LogP contribution in [0.3, 0.4) is 0 Å². The molecule has 24 heavy (non-hydrogen) atoms. The van der Waals surface area contributed by atoms with Gasteiger partial charge in [-0.1, -0.05) is 0 Å².